The minimum Gasteiger partial charge on any atom is -0.492 e. The van der Waals surface area contributed by atoms with Crippen molar-refractivity contribution in [2.24, 2.45) is 10.9 Å². The largest absolute Gasteiger partial charge is 0.492 e. The summed E-state index contributed by atoms with van der Waals surface area (Å²) in [7, 11) is 1.95. The molecule has 0 saturated carbocycles. The van der Waals surface area contributed by atoms with Crippen LogP contribution >= 0.6 is 0 Å². The molecule has 7 nitrogen and oxygen atoms in total. The molecule has 0 aliphatic carbocycles. The van der Waals surface area contributed by atoms with Gasteiger partial charge in [-0.3, -0.25) is 0 Å². The summed E-state index contributed by atoms with van der Waals surface area (Å²) in [6.07, 6.45) is 5.16. The maximum Gasteiger partial charge on any atom is 0.140 e. The third-order valence-electron chi connectivity index (χ3n) is 6.67. The highest BCUT2D eigenvalue weighted by Crippen LogP contribution is 2.41. The molecule has 7 heteroatoms. The SMILES string of the molecule is C=C1c2c(cc(-c3ccc(OC[C@H]4CCCN4)cc3)nc2N2CC[C@H](CO)C2)N=CN1C. The molecule has 2 atom stereocenters. The van der Waals surface area contributed by atoms with Crippen molar-refractivity contribution in [2.75, 3.05) is 44.8 Å². The van der Waals surface area contributed by atoms with E-state index in [0.29, 0.717) is 12.6 Å². The molecule has 0 spiro atoms. The Bertz CT molecular complexity index is 1010. The molecule has 168 valence electrons. The summed E-state index contributed by atoms with van der Waals surface area (Å²) in [5, 5.41) is 13.1. The summed E-state index contributed by atoms with van der Waals surface area (Å²) in [5.41, 5.74) is 4.65. The van der Waals surface area contributed by atoms with Crippen LogP contribution in [-0.4, -0.2) is 67.3 Å². The van der Waals surface area contributed by atoms with E-state index in [1.54, 1.807) is 6.34 Å². The average Bonchev–Trinajstić information content (AvgIpc) is 3.52. The molecule has 3 aliphatic rings. The van der Waals surface area contributed by atoms with Gasteiger partial charge in [-0.2, -0.15) is 0 Å². The van der Waals surface area contributed by atoms with Gasteiger partial charge >= 0.3 is 0 Å². The number of fused-ring (bicyclic) bond motifs is 1. The Kier molecular flexibility index (Phi) is 5.85. The van der Waals surface area contributed by atoms with Crippen LogP contribution in [0.15, 0.2) is 41.9 Å². The molecule has 2 N–H and O–H groups in total. The first-order valence-electron chi connectivity index (χ1n) is 11.5. The van der Waals surface area contributed by atoms with Crippen LogP contribution in [-0.2, 0) is 0 Å². The third-order valence-corrected chi connectivity index (χ3v) is 6.67. The standard InChI is InChI=1S/C25H31N5O2/c1-17-24-23(27-16-29(17)2)12-22(28-25(24)30-11-9-18(13-30)14-31)19-5-7-21(8-6-19)32-15-20-4-3-10-26-20/h5-8,12,16,18,20,26,31H,1,3-4,9-11,13-15H2,2H3/t18-,20+/m0/s1. The maximum absolute atomic E-state index is 9.62. The van der Waals surface area contributed by atoms with Gasteiger partial charge in [0.25, 0.3) is 0 Å². The lowest BCUT2D eigenvalue weighted by Gasteiger charge is -2.29. The second kappa shape index (κ2) is 8.92. The van der Waals surface area contributed by atoms with Gasteiger partial charge in [-0.15, -0.1) is 0 Å². The first kappa shape index (κ1) is 21.0. The van der Waals surface area contributed by atoms with Crippen molar-refractivity contribution < 1.29 is 9.84 Å². The van der Waals surface area contributed by atoms with Gasteiger partial charge in [-0.1, -0.05) is 6.58 Å². The fraction of sp³-hybridized carbons (Fsp3) is 0.440. The zero-order chi connectivity index (χ0) is 22.1. The highest BCUT2D eigenvalue weighted by molar-refractivity contribution is 5.92. The molecule has 2 fully saturated rings. The highest BCUT2D eigenvalue weighted by Gasteiger charge is 2.29. The number of hydrogen-bond acceptors (Lipinski definition) is 7. The quantitative estimate of drug-likeness (QED) is 0.729. The van der Waals surface area contributed by atoms with Crippen LogP contribution < -0.4 is 15.0 Å². The second-order valence-electron chi connectivity index (χ2n) is 8.94. The molecule has 0 bridgehead atoms. The number of nitrogens with one attached hydrogen (secondary N) is 1. The van der Waals surface area contributed by atoms with E-state index in [1.165, 1.54) is 12.8 Å². The zero-order valence-corrected chi connectivity index (χ0v) is 18.6. The molecule has 2 aromatic rings. The van der Waals surface area contributed by atoms with Crippen LogP contribution in [0.1, 0.15) is 24.8 Å². The van der Waals surface area contributed by atoms with Crippen molar-refractivity contribution in [1.29, 1.82) is 0 Å². The number of ether oxygens (including phenoxy) is 1. The Hall–Kier alpha value is -2.90. The number of aliphatic imine (C=N–C) groups is 1. The van der Waals surface area contributed by atoms with E-state index < -0.39 is 0 Å². The molecular formula is C25H31N5O2. The number of hydrogen-bond donors (Lipinski definition) is 2. The fourth-order valence-corrected chi connectivity index (χ4v) is 4.66. The summed E-state index contributed by atoms with van der Waals surface area (Å²) in [4.78, 5) is 13.9. The first-order chi connectivity index (χ1) is 15.6. The van der Waals surface area contributed by atoms with Gasteiger partial charge in [0.15, 0.2) is 0 Å². The van der Waals surface area contributed by atoms with Crippen LogP contribution in [0, 0.1) is 5.92 Å². The lowest BCUT2D eigenvalue weighted by atomic mass is 10.0. The van der Waals surface area contributed by atoms with Crippen LogP contribution in [0.2, 0.25) is 0 Å². The second-order valence-corrected chi connectivity index (χ2v) is 8.94. The van der Waals surface area contributed by atoms with Gasteiger partial charge in [0, 0.05) is 50.0 Å². The van der Waals surface area contributed by atoms with Gasteiger partial charge < -0.3 is 25.0 Å². The summed E-state index contributed by atoms with van der Waals surface area (Å²) < 4.78 is 5.97. The summed E-state index contributed by atoms with van der Waals surface area (Å²) in [6.45, 7) is 7.92. The monoisotopic (exact) mass is 433 g/mol. The molecule has 32 heavy (non-hydrogen) atoms. The molecule has 0 amide bonds. The minimum absolute atomic E-state index is 0.204. The van der Waals surface area contributed by atoms with Crippen LogP contribution in [0.4, 0.5) is 11.5 Å². The molecule has 1 aromatic carbocycles. The van der Waals surface area contributed by atoms with Crippen molar-refractivity contribution in [2.45, 2.75) is 25.3 Å². The highest BCUT2D eigenvalue weighted by atomic mass is 16.5. The van der Waals surface area contributed by atoms with E-state index >= 15 is 0 Å². The number of aromatic nitrogens is 1. The Balaban J connectivity index is 1.43. The van der Waals surface area contributed by atoms with E-state index in [1.807, 2.05) is 30.1 Å². The summed E-state index contributed by atoms with van der Waals surface area (Å²) in [5.74, 6) is 2.05. The number of pyridine rings is 1. The Morgan fingerprint density at radius 1 is 1.25 bits per heavy atom. The van der Waals surface area contributed by atoms with Crippen LogP contribution in [0.25, 0.3) is 17.0 Å². The maximum atomic E-state index is 9.62. The van der Waals surface area contributed by atoms with Crippen molar-refractivity contribution in [1.82, 2.24) is 15.2 Å². The topological polar surface area (TPSA) is 73.2 Å². The van der Waals surface area contributed by atoms with E-state index in [-0.39, 0.29) is 12.5 Å². The van der Waals surface area contributed by atoms with E-state index in [4.69, 9.17) is 9.72 Å². The molecular weight excluding hydrogens is 402 g/mol. The van der Waals surface area contributed by atoms with E-state index in [0.717, 1.165) is 65.8 Å². The fourth-order valence-electron chi connectivity index (χ4n) is 4.66. The van der Waals surface area contributed by atoms with E-state index in [2.05, 4.69) is 33.9 Å². The number of aliphatic hydroxyl groups excluding tert-OH is 1. The predicted octanol–water partition coefficient (Wildman–Crippen LogP) is 3.27. The zero-order valence-electron chi connectivity index (χ0n) is 18.6. The van der Waals surface area contributed by atoms with Gasteiger partial charge in [0.1, 0.15) is 18.2 Å². The van der Waals surface area contributed by atoms with Crippen LogP contribution in [0.5, 0.6) is 5.75 Å². The van der Waals surface area contributed by atoms with E-state index in [9.17, 15) is 5.11 Å². The Morgan fingerprint density at radius 2 is 2.09 bits per heavy atom. The number of aliphatic hydroxyl groups is 1. The van der Waals surface area contributed by atoms with Gasteiger partial charge in [-0.05, 0) is 56.1 Å². The average molecular weight is 434 g/mol. The molecule has 4 heterocycles. The van der Waals surface area contributed by atoms with Crippen molar-refractivity contribution in [3.63, 3.8) is 0 Å². The Morgan fingerprint density at radius 3 is 2.81 bits per heavy atom. The van der Waals surface area contributed by atoms with Gasteiger partial charge in [-0.25, -0.2) is 9.98 Å². The normalized spacial score (nSPS) is 22.5. The Labute approximate surface area is 189 Å². The van der Waals surface area contributed by atoms with Gasteiger partial charge in [0.2, 0.25) is 0 Å². The number of anilines is 1. The number of benzene rings is 1. The van der Waals surface area contributed by atoms with Crippen molar-refractivity contribution >= 4 is 23.5 Å². The van der Waals surface area contributed by atoms with Crippen LogP contribution in [0.3, 0.4) is 0 Å². The van der Waals surface area contributed by atoms with Crippen molar-refractivity contribution in [3.8, 4) is 17.0 Å². The summed E-state index contributed by atoms with van der Waals surface area (Å²) >= 11 is 0. The molecule has 0 radical (unpaired) electrons. The molecule has 2 saturated heterocycles. The summed E-state index contributed by atoms with van der Waals surface area (Å²) in [6, 6.07) is 10.6. The molecule has 3 aliphatic heterocycles. The molecule has 0 unspecified atom stereocenters. The minimum atomic E-state index is 0.204. The smallest absolute Gasteiger partial charge is 0.140 e. The predicted molar refractivity (Wildman–Crippen MR) is 129 cm³/mol. The molecule has 1 aromatic heterocycles. The molecule has 5 rings (SSSR count). The lowest BCUT2D eigenvalue weighted by Crippen LogP contribution is -2.28. The first-order valence-corrected chi connectivity index (χ1v) is 11.5. The third kappa shape index (κ3) is 4.10. The number of nitrogens with zero attached hydrogens (tertiary/aromatic N) is 4. The number of rotatable bonds is 6. The van der Waals surface area contributed by atoms with Crippen molar-refractivity contribution in [3.05, 3.63) is 42.5 Å². The lowest BCUT2D eigenvalue weighted by molar-refractivity contribution is 0.238. The van der Waals surface area contributed by atoms with Gasteiger partial charge in [0.05, 0.1) is 23.3 Å².